The lowest BCUT2D eigenvalue weighted by molar-refractivity contribution is 0.0518. The summed E-state index contributed by atoms with van der Waals surface area (Å²) in [4.78, 5) is 18.4. The van der Waals surface area contributed by atoms with Crippen LogP contribution in [0.2, 0.25) is 0 Å². The summed E-state index contributed by atoms with van der Waals surface area (Å²) in [6.07, 6.45) is -0.737. The number of hydrogen-bond acceptors (Lipinski definition) is 7. The Kier molecular flexibility index (Phi) is 6.79. The van der Waals surface area contributed by atoms with Crippen LogP contribution in [0.5, 0.6) is 0 Å². The van der Waals surface area contributed by atoms with Gasteiger partial charge in [0.15, 0.2) is 0 Å². The van der Waals surface area contributed by atoms with E-state index in [0.717, 1.165) is 35.2 Å². The van der Waals surface area contributed by atoms with Gasteiger partial charge in [-0.2, -0.15) is 4.98 Å². The van der Waals surface area contributed by atoms with Gasteiger partial charge in [0.25, 0.3) is 0 Å². The highest BCUT2D eigenvalue weighted by Crippen LogP contribution is 2.33. The number of nitrogens with zero attached hydrogens (tertiary/aromatic N) is 4. The van der Waals surface area contributed by atoms with Gasteiger partial charge >= 0.3 is 6.09 Å². The van der Waals surface area contributed by atoms with Crippen molar-refractivity contribution >= 4 is 22.7 Å². The third-order valence-corrected chi connectivity index (χ3v) is 5.83. The monoisotopic (exact) mass is 472 g/mol. The summed E-state index contributed by atoms with van der Waals surface area (Å²) in [5.41, 5.74) is 2.09. The molecule has 10 heteroatoms. The van der Waals surface area contributed by atoms with Crippen LogP contribution >= 0.6 is 0 Å². The van der Waals surface area contributed by atoms with Gasteiger partial charge in [0.05, 0.1) is 17.3 Å². The smallest absolute Gasteiger partial charge is 0.408 e. The molecule has 0 bridgehead atoms. The van der Waals surface area contributed by atoms with Crippen molar-refractivity contribution in [2.45, 2.75) is 65.0 Å². The van der Waals surface area contributed by atoms with E-state index in [2.05, 4.69) is 25.3 Å². The molecule has 0 radical (unpaired) electrons. The molecule has 1 saturated heterocycles. The van der Waals surface area contributed by atoms with E-state index in [-0.39, 0.29) is 18.5 Å². The van der Waals surface area contributed by atoms with Crippen LogP contribution in [0.15, 0.2) is 28.8 Å². The lowest BCUT2D eigenvalue weighted by atomic mass is 10.0. The number of amides is 1. The first kappa shape index (κ1) is 24.0. The fraction of sp³-hybridized carbons (Fsp3) is 0.542. The SMILES string of the molecule is CCn1c(-c2noc(CNC(=O)OC(C)(C)C)n2)cc2c(N[C@@H]3CCN(C)C[C@@H]3F)cccc21. The molecule has 3 aromatic rings. The first-order valence-electron chi connectivity index (χ1n) is 11.7. The van der Waals surface area contributed by atoms with E-state index in [1.807, 2.05) is 43.1 Å². The largest absolute Gasteiger partial charge is 0.444 e. The molecule has 2 aromatic heterocycles. The molecule has 1 aliphatic rings. The Balaban J connectivity index is 1.55. The highest BCUT2D eigenvalue weighted by molar-refractivity contribution is 5.96. The van der Waals surface area contributed by atoms with Gasteiger partial charge in [-0.05, 0) is 59.4 Å². The van der Waals surface area contributed by atoms with Crippen molar-refractivity contribution in [2.24, 2.45) is 0 Å². The Morgan fingerprint density at radius 3 is 2.85 bits per heavy atom. The Morgan fingerprint density at radius 2 is 2.15 bits per heavy atom. The standard InChI is InChI=1S/C24H33FN6O3/c1-6-31-19-9-7-8-17(27-18-10-11-30(5)14-16(18)25)15(19)12-20(31)22-28-21(34-29-22)13-26-23(32)33-24(2,3)4/h7-9,12,16,18,27H,6,10-11,13-14H2,1-5H3,(H,26,32)/t16-,18+/m0/s1. The molecule has 2 atom stereocenters. The number of likely N-dealkylation sites (tertiary alicyclic amines) is 1. The molecular formula is C24H33FN6O3. The van der Waals surface area contributed by atoms with Crippen molar-refractivity contribution in [3.63, 3.8) is 0 Å². The molecule has 2 N–H and O–H groups in total. The van der Waals surface area contributed by atoms with E-state index in [9.17, 15) is 9.18 Å². The van der Waals surface area contributed by atoms with Crippen LogP contribution < -0.4 is 10.6 Å². The van der Waals surface area contributed by atoms with Crippen LogP contribution in [-0.2, 0) is 17.8 Å². The summed E-state index contributed by atoms with van der Waals surface area (Å²) < 4.78 is 27.3. The second-order valence-corrected chi connectivity index (χ2v) is 9.70. The van der Waals surface area contributed by atoms with Crippen molar-refractivity contribution < 1.29 is 18.4 Å². The number of carbonyl (C=O) groups is 1. The van der Waals surface area contributed by atoms with Crippen LogP contribution in [0.4, 0.5) is 14.9 Å². The zero-order valence-corrected chi connectivity index (χ0v) is 20.4. The number of carbonyl (C=O) groups excluding carboxylic acids is 1. The topological polar surface area (TPSA) is 97.5 Å². The number of hydrogen-bond donors (Lipinski definition) is 2. The molecule has 1 aromatic carbocycles. The van der Waals surface area contributed by atoms with E-state index in [0.29, 0.717) is 18.9 Å². The average Bonchev–Trinajstić information content (AvgIpc) is 3.37. The maximum Gasteiger partial charge on any atom is 0.408 e. The molecule has 0 unspecified atom stereocenters. The lowest BCUT2D eigenvalue weighted by Gasteiger charge is -2.33. The van der Waals surface area contributed by atoms with E-state index in [1.165, 1.54) is 0 Å². The van der Waals surface area contributed by atoms with Crippen LogP contribution in [-0.4, -0.2) is 63.7 Å². The van der Waals surface area contributed by atoms with Gasteiger partial charge in [0.1, 0.15) is 18.3 Å². The summed E-state index contributed by atoms with van der Waals surface area (Å²) in [5, 5.41) is 11.1. The highest BCUT2D eigenvalue weighted by atomic mass is 19.1. The maximum atomic E-state index is 14.6. The second kappa shape index (κ2) is 9.61. The maximum absolute atomic E-state index is 14.6. The predicted octanol–water partition coefficient (Wildman–Crippen LogP) is 4.19. The molecular weight excluding hydrogens is 439 g/mol. The van der Waals surface area contributed by atoms with E-state index < -0.39 is 17.9 Å². The van der Waals surface area contributed by atoms with Gasteiger partial charge in [0, 0.05) is 30.7 Å². The number of aromatic nitrogens is 3. The van der Waals surface area contributed by atoms with Crippen LogP contribution in [0.25, 0.3) is 22.4 Å². The summed E-state index contributed by atoms with van der Waals surface area (Å²) in [6.45, 7) is 9.48. The zero-order valence-electron chi connectivity index (χ0n) is 20.4. The van der Waals surface area contributed by atoms with Crippen molar-refractivity contribution in [3.05, 3.63) is 30.2 Å². The Hall–Kier alpha value is -3.14. The normalized spacial score (nSPS) is 19.4. The quantitative estimate of drug-likeness (QED) is 0.555. The van der Waals surface area contributed by atoms with Crippen LogP contribution in [0.1, 0.15) is 40.0 Å². The summed E-state index contributed by atoms with van der Waals surface area (Å²) in [5.74, 6) is 0.700. The number of fused-ring (bicyclic) bond motifs is 1. The van der Waals surface area contributed by atoms with E-state index >= 15 is 0 Å². The van der Waals surface area contributed by atoms with Crippen molar-refractivity contribution in [1.82, 2.24) is 24.9 Å². The number of benzene rings is 1. The summed E-state index contributed by atoms with van der Waals surface area (Å²) in [7, 11) is 1.94. The fourth-order valence-corrected chi connectivity index (χ4v) is 4.25. The van der Waals surface area contributed by atoms with E-state index in [1.54, 1.807) is 20.8 Å². The predicted molar refractivity (Wildman–Crippen MR) is 128 cm³/mol. The molecule has 0 saturated carbocycles. The average molecular weight is 473 g/mol. The molecule has 3 heterocycles. The molecule has 1 amide bonds. The lowest BCUT2D eigenvalue weighted by Crippen LogP contribution is -2.46. The second-order valence-electron chi connectivity index (χ2n) is 9.70. The number of piperidine rings is 1. The number of nitrogens with one attached hydrogen (secondary N) is 2. The molecule has 1 fully saturated rings. The molecule has 0 spiro atoms. The van der Waals surface area contributed by atoms with Crippen LogP contribution in [0, 0.1) is 0 Å². The van der Waals surface area contributed by atoms with Gasteiger partial charge in [0.2, 0.25) is 11.7 Å². The number of halogens is 1. The third kappa shape index (κ3) is 5.32. The molecule has 1 aliphatic heterocycles. The minimum Gasteiger partial charge on any atom is -0.444 e. The first-order valence-corrected chi connectivity index (χ1v) is 11.7. The first-order chi connectivity index (χ1) is 16.1. The van der Waals surface area contributed by atoms with Crippen molar-refractivity contribution in [1.29, 1.82) is 0 Å². The number of alkyl carbamates (subject to hydrolysis) is 1. The van der Waals surface area contributed by atoms with Crippen LogP contribution in [0.3, 0.4) is 0 Å². The van der Waals surface area contributed by atoms with Gasteiger partial charge in [-0.1, -0.05) is 11.2 Å². The number of alkyl halides is 1. The molecule has 4 rings (SSSR count). The summed E-state index contributed by atoms with van der Waals surface area (Å²) in [6, 6.07) is 7.74. The Bertz CT molecular complexity index is 1150. The molecule has 34 heavy (non-hydrogen) atoms. The Morgan fingerprint density at radius 1 is 1.35 bits per heavy atom. The third-order valence-electron chi connectivity index (χ3n) is 5.83. The van der Waals surface area contributed by atoms with Gasteiger partial charge in [-0.25, -0.2) is 9.18 Å². The number of ether oxygens (including phenoxy) is 1. The highest BCUT2D eigenvalue weighted by Gasteiger charge is 2.28. The zero-order chi connectivity index (χ0) is 24.5. The molecule has 184 valence electrons. The fourth-order valence-electron chi connectivity index (χ4n) is 4.25. The minimum atomic E-state index is -0.932. The van der Waals surface area contributed by atoms with Crippen molar-refractivity contribution in [2.75, 3.05) is 25.5 Å². The number of anilines is 1. The minimum absolute atomic E-state index is 0.0646. The van der Waals surface area contributed by atoms with E-state index in [4.69, 9.17) is 9.26 Å². The molecule has 0 aliphatic carbocycles. The molecule has 9 nitrogen and oxygen atoms in total. The number of aryl methyl sites for hydroxylation is 1. The Labute approximate surface area is 198 Å². The van der Waals surface area contributed by atoms with Gasteiger partial charge in [-0.3, -0.25) is 0 Å². The van der Waals surface area contributed by atoms with Gasteiger partial charge < -0.3 is 29.4 Å². The van der Waals surface area contributed by atoms with Crippen molar-refractivity contribution in [3.8, 4) is 11.5 Å². The summed E-state index contributed by atoms with van der Waals surface area (Å²) >= 11 is 0. The number of rotatable bonds is 6. The van der Waals surface area contributed by atoms with Gasteiger partial charge in [-0.15, -0.1) is 0 Å².